The van der Waals surface area contributed by atoms with Gasteiger partial charge in [0.2, 0.25) is 0 Å². The number of benzene rings is 1. The highest BCUT2D eigenvalue weighted by Gasteiger charge is 2.34. The fourth-order valence-corrected chi connectivity index (χ4v) is 3.17. The molecule has 0 radical (unpaired) electrons. The van der Waals surface area contributed by atoms with Gasteiger partial charge in [-0.25, -0.2) is 0 Å². The van der Waals surface area contributed by atoms with Crippen LogP contribution in [0.2, 0.25) is 0 Å². The third kappa shape index (κ3) is 2.37. The minimum Gasteiger partial charge on any atom is -0.316 e. The molecular weight excluding hydrogens is 210 g/mol. The highest BCUT2D eigenvalue weighted by molar-refractivity contribution is 5.23. The van der Waals surface area contributed by atoms with Gasteiger partial charge in [0.25, 0.3) is 0 Å². The van der Waals surface area contributed by atoms with Gasteiger partial charge in [-0.15, -0.1) is 0 Å². The molecule has 2 fully saturated rings. The van der Waals surface area contributed by atoms with Gasteiger partial charge in [-0.2, -0.15) is 0 Å². The predicted molar refractivity (Wildman–Crippen MR) is 69.7 cm³/mol. The molecule has 0 spiro atoms. The zero-order chi connectivity index (χ0) is 11.5. The molecule has 2 aliphatic rings. The molecule has 17 heavy (non-hydrogen) atoms. The summed E-state index contributed by atoms with van der Waals surface area (Å²) in [6.45, 7) is 3.39. The molecule has 0 aliphatic carbocycles. The number of hydrazine groups is 1. The molecular formula is C14H21N3. The first-order valence-corrected chi connectivity index (χ1v) is 6.69. The van der Waals surface area contributed by atoms with Gasteiger partial charge >= 0.3 is 0 Å². The SMILES string of the molecule is c1ccc(C2CNNC2C2CCCNC2)cc1. The molecule has 1 aromatic rings. The van der Waals surface area contributed by atoms with E-state index in [9.17, 15) is 0 Å². The van der Waals surface area contributed by atoms with Crippen LogP contribution in [0, 0.1) is 5.92 Å². The highest BCUT2D eigenvalue weighted by Crippen LogP contribution is 2.29. The fourth-order valence-electron chi connectivity index (χ4n) is 3.17. The van der Waals surface area contributed by atoms with Crippen LogP contribution in [0.3, 0.4) is 0 Å². The van der Waals surface area contributed by atoms with Gasteiger partial charge in [-0.1, -0.05) is 30.3 Å². The van der Waals surface area contributed by atoms with Gasteiger partial charge in [-0.3, -0.25) is 10.9 Å². The average Bonchev–Trinajstić information content (AvgIpc) is 2.90. The summed E-state index contributed by atoms with van der Waals surface area (Å²) in [5, 5.41) is 3.52. The Hall–Kier alpha value is -0.900. The molecule has 1 aromatic carbocycles. The van der Waals surface area contributed by atoms with Crippen molar-refractivity contribution in [1.82, 2.24) is 16.2 Å². The summed E-state index contributed by atoms with van der Waals surface area (Å²) in [4.78, 5) is 0. The lowest BCUT2D eigenvalue weighted by atomic mass is 9.82. The van der Waals surface area contributed by atoms with Crippen LogP contribution in [0.5, 0.6) is 0 Å². The van der Waals surface area contributed by atoms with Crippen LogP contribution in [0.4, 0.5) is 0 Å². The van der Waals surface area contributed by atoms with Crippen LogP contribution >= 0.6 is 0 Å². The van der Waals surface area contributed by atoms with Crippen LogP contribution in [-0.2, 0) is 0 Å². The Kier molecular flexibility index (Phi) is 3.41. The van der Waals surface area contributed by atoms with E-state index in [0.717, 1.165) is 19.0 Å². The van der Waals surface area contributed by atoms with Crippen LogP contribution in [-0.4, -0.2) is 25.7 Å². The summed E-state index contributed by atoms with van der Waals surface area (Å²) in [6, 6.07) is 11.5. The van der Waals surface area contributed by atoms with E-state index in [1.165, 1.54) is 24.9 Å². The first kappa shape index (κ1) is 11.2. The van der Waals surface area contributed by atoms with Crippen LogP contribution in [0.25, 0.3) is 0 Å². The maximum absolute atomic E-state index is 3.52. The maximum atomic E-state index is 3.52. The van der Waals surface area contributed by atoms with E-state index in [-0.39, 0.29) is 0 Å². The summed E-state index contributed by atoms with van der Waals surface area (Å²) < 4.78 is 0. The summed E-state index contributed by atoms with van der Waals surface area (Å²) in [5.74, 6) is 1.37. The van der Waals surface area contributed by atoms with E-state index in [1.807, 2.05) is 0 Å². The predicted octanol–water partition coefficient (Wildman–Crippen LogP) is 1.25. The van der Waals surface area contributed by atoms with Crippen molar-refractivity contribution in [3.05, 3.63) is 35.9 Å². The van der Waals surface area contributed by atoms with E-state index in [1.54, 1.807) is 0 Å². The van der Waals surface area contributed by atoms with E-state index in [4.69, 9.17) is 0 Å². The molecule has 0 bridgehead atoms. The lowest BCUT2D eigenvalue weighted by Gasteiger charge is -2.31. The van der Waals surface area contributed by atoms with Crippen molar-refractivity contribution < 1.29 is 0 Å². The first-order valence-electron chi connectivity index (χ1n) is 6.69. The standard InChI is InChI=1S/C14H21N3/c1-2-5-11(6-3-1)13-10-16-17-14(13)12-7-4-8-15-9-12/h1-3,5-6,12-17H,4,7-10H2. The Balaban J connectivity index is 1.75. The third-order valence-corrected chi connectivity index (χ3v) is 4.09. The number of nitrogens with one attached hydrogen (secondary N) is 3. The van der Waals surface area contributed by atoms with Gasteiger partial charge in [0, 0.05) is 18.5 Å². The Bertz CT molecular complexity index is 346. The van der Waals surface area contributed by atoms with Crippen LogP contribution < -0.4 is 16.2 Å². The normalized spacial score (nSPS) is 33.8. The highest BCUT2D eigenvalue weighted by atomic mass is 15.4. The molecule has 2 saturated heterocycles. The second-order valence-electron chi connectivity index (χ2n) is 5.17. The Morgan fingerprint density at radius 1 is 1.06 bits per heavy atom. The topological polar surface area (TPSA) is 36.1 Å². The molecule has 0 saturated carbocycles. The molecule has 3 rings (SSSR count). The molecule has 92 valence electrons. The van der Waals surface area contributed by atoms with Crippen molar-refractivity contribution in [3.8, 4) is 0 Å². The van der Waals surface area contributed by atoms with Gasteiger partial charge in [0.1, 0.15) is 0 Å². The number of hydrogen-bond acceptors (Lipinski definition) is 3. The van der Waals surface area contributed by atoms with Crippen molar-refractivity contribution in [2.45, 2.75) is 24.8 Å². The van der Waals surface area contributed by atoms with E-state index >= 15 is 0 Å². The quantitative estimate of drug-likeness (QED) is 0.717. The largest absolute Gasteiger partial charge is 0.316 e. The molecule has 0 amide bonds. The summed E-state index contributed by atoms with van der Waals surface area (Å²) >= 11 is 0. The van der Waals surface area contributed by atoms with E-state index in [0.29, 0.717) is 12.0 Å². The Labute approximate surface area is 103 Å². The molecule has 3 atom stereocenters. The zero-order valence-electron chi connectivity index (χ0n) is 10.2. The first-order chi connectivity index (χ1) is 8.45. The van der Waals surface area contributed by atoms with Crippen molar-refractivity contribution in [2.75, 3.05) is 19.6 Å². The molecule has 3 N–H and O–H groups in total. The van der Waals surface area contributed by atoms with Crippen molar-refractivity contribution in [1.29, 1.82) is 0 Å². The second kappa shape index (κ2) is 5.17. The average molecular weight is 231 g/mol. The number of hydrogen-bond donors (Lipinski definition) is 3. The molecule has 0 aromatic heterocycles. The van der Waals surface area contributed by atoms with Gasteiger partial charge in [0.15, 0.2) is 0 Å². The smallest absolute Gasteiger partial charge is 0.0334 e. The summed E-state index contributed by atoms with van der Waals surface area (Å²) in [6.07, 6.45) is 2.65. The minimum atomic E-state index is 0.574. The molecule has 3 heteroatoms. The van der Waals surface area contributed by atoms with Crippen LogP contribution in [0.1, 0.15) is 24.3 Å². The fraction of sp³-hybridized carbons (Fsp3) is 0.571. The molecule has 3 nitrogen and oxygen atoms in total. The van der Waals surface area contributed by atoms with Crippen LogP contribution in [0.15, 0.2) is 30.3 Å². The zero-order valence-corrected chi connectivity index (χ0v) is 10.2. The second-order valence-corrected chi connectivity index (χ2v) is 5.17. The molecule has 3 unspecified atom stereocenters. The summed E-state index contributed by atoms with van der Waals surface area (Å²) in [7, 11) is 0. The molecule has 2 heterocycles. The maximum Gasteiger partial charge on any atom is 0.0334 e. The monoisotopic (exact) mass is 231 g/mol. The van der Waals surface area contributed by atoms with Gasteiger partial charge < -0.3 is 5.32 Å². The molecule has 2 aliphatic heterocycles. The van der Waals surface area contributed by atoms with Crippen molar-refractivity contribution in [3.63, 3.8) is 0 Å². The van der Waals surface area contributed by atoms with E-state index in [2.05, 4.69) is 46.5 Å². The van der Waals surface area contributed by atoms with Crippen molar-refractivity contribution >= 4 is 0 Å². The van der Waals surface area contributed by atoms with E-state index < -0.39 is 0 Å². The summed E-state index contributed by atoms with van der Waals surface area (Å²) in [5.41, 5.74) is 8.28. The van der Waals surface area contributed by atoms with Gasteiger partial charge in [0.05, 0.1) is 0 Å². The third-order valence-electron chi connectivity index (χ3n) is 4.09. The number of piperidine rings is 1. The minimum absolute atomic E-state index is 0.574. The lowest BCUT2D eigenvalue weighted by Crippen LogP contribution is -2.44. The Morgan fingerprint density at radius 3 is 2.71 bits per heavy atom. The number of rotatable bonds is 2. The Morgan fingerprint density at radius 2 is 1.94 bits per heavy atom. The lowest BCUT2D eigenvalue weighted by molar-refractivity contribution is 0.284. The van der Waals surface area contributed by atoms with Gasteiger partial charge in [-0.05, 0) is 37.4 Å². The van der Waals surface area contributed by atoms with Crippen molar-refractivity contribution in [2.24, 2.45) is 5.92 Å².